The van der Waals surface area contributed by atoms with Crippen molar-refractivity contribution in [3.05, 3.63) is 59.8 Å². The number of aliphatic imine (C=N–C) groups is 1. The number of benzene rings is 1. The van der Waals surface area contributed by atoms with Crippen LogP contribution in [0.1, 0.15) is 18.1 Å². The van der Waals surface area contributed by atoms with Crippen LogP contribution in [0.5, 0.6) is 5.88 Å². The summed E-state index contributed by atoms with van der Waals surface area (Å²) in [4.78, 5) is 11.1. The Hall–Kier alpha value is -1.87. The van der Waals surface area contributed by atoms with Crippen LogP contribution < -0.4 is 10.1 Å². The van der Waals surface area contributed by atoms with Crippen LogP contribution in [0.15, 0.2) is 53.7 Å². The summed E-state index contributed by atoms with van der Waals surface area (Å²) >= 11 is 0. The summed E-state index contributed by atoms with van der Waals surface area (Å²) in [6.45, 7) is 5.30. The topological polar surface area (TPSA) is 59.0 Å². The maximum atomic E-state index is 5.48. The van der Waals surface area contributed by atoms with Crippen LogP contribution in [0.25, 0.3) is 0 Å². The van der Waals surface area contributed by atoms with Crippen molar-refractivity contribution in [2.24, 2.45) is 4.99 Å². The van der Waals surface area contributed by atoms with Gasteiger partial charge in [-0.2, -0.15) is 0 Å². The minimum atomic E-state index is 0. The first-order chi connectivity index (χ1) is 12.7. The molecule has 1 N–H and O–H groups in total. The van der Waals surface area contributed by atoms with Crippen molar-refractivity contribution in [1.82, 2.24) is 15.2 Å². The molecule has 1 heterocycles. The molecule has 1 aromatic carbocycles. The fourth-order valence-corrected chi connectivity index (χ4v) is 2.39. The zero-order valence-corrected chi connectivity index (χ0v) is 18.6. The van der Waals surface area contributed by atoms with E-state index in [1.165, 1.54) is 5.56 Å². The fraction of sp³-hybridized carbons (Fsp3) is 0.400. The lowest BCUT2D eigenvalue weighted by Gasteiger charge is -2.22. The van der Waals surface area contributed by atoms with Crippen molar-refractivity contribution in [2.45, 2.75) is 20.0 Å². The van der Waals surface area contributed by atoms with Gasteiger partial charge in [-0.15, -0.1) is 24.0 Å². The number of hydrogen-bond donors (Lipinski definition) is 1. The molecule has 0 spiro atoms. The van der Waals surface area contributed by atoms with E-state index >= 15 is 0 Å². The van der Waals surface area contributed by atoms with E-state index in [1.807, 2.05) is 25.2 Å². The van der Waals surface area contributed by atoms with Gasteiger partial charge < -0.3 is 19.7 Å². The maximum absolute atomic E-state index is 5.48. The molecule has 0 aliphatic rings. The van der Waals surface area contributed by atoms with Crippen LogP contribution in [0.4, 0.5) is 0 Å². The Morgan fingerprint density at radius 3 is 2.52 bits per heavy atom. The van der Waals surface area contributed by atoms with Crippen molar-refractivity contribution in [1.29, 1.82) is 0 Å². The highest BCUT2D eigenvalue weighted by atomic mass is 127. The number of halogens is 1. The maximum Gasteiger partial charge on any atom is 0.213 e. The van der Waals surface area contributed by atoms with Gasteiger partial charge in [-0.05, 0) is 18.1 Å². The van der Waals surface area contributed by atoms with Gasteiger partial charge in [-0.3, -0.25) is 0 Å². The third-order valence-electron chi connectivity index (χ3n) is 3.71. The van der Waals surface area contributed by atoms with Crippen LogP contribution >= 0.6 is 24.0 Å². The van der Waals surface area contributed by atoms with Crippen LogP contribution in [0, 0.1) is 0 Å². The lowest BCUT2D eigenvalue weighted by atomic mass is 10.2. The normalized spacial score (nSPS) is 10.9. The van der Waals surface area contributed by atoms with Crippen LogP contribution in [0.3, 0.4) is 0 Å². The standard InChI is InChI=1S/C20H28N4O2.HI/c1-4-21-20(24(2)16-17-8-6-5-7-9-17)23-15-18-10-11-19(22-14-18)26-13-12-25-3;/h5-11,14H,4,12-13,15-16H2,1-3H3,(H,21,23);1H. The molecule has 148 valence electrons. The summed E-state index contributed by atoms with van der Waals surface area (Å²) in [6, 6.07) is 14.2. The van der Waals surface area contributed by atoms with Crippen LogP contribution in [-0.2, 0) is 17.8 Å². The molecule has 27 heavy (non-hydrogen) atoms. The monoisotopic (exact) mass is 484 g/mol. The Bertz CT molecular complexity index is 665. The Morgan fingerprint density at radius 1 is 1.11 bits per heavy atom. The van der Waals surface area contributed by atoms with E-state index in [2.05, 4.69) is 46.4 Å². The summed E-state index contributed by atoms with van der Waals surface area (Å²) in [5.74, 6) is 1.47. The molecular formula is C20H29IN4O2. The predicted molar refractivity (Wildman–Crippen MR) is 120 cm³/mol. The molecule has 0 aliphatic carbocycles. The molecule has 0 atom stereocenters. The van der Waals surface area contributed by atoms with Gasteiger partial charge >= 0.3 is 0 Å². The van der Waals surface area contributed by atoms with E-state index in [4.69, 9.17) is 14.5 Å². The summed E-state index contributed by atoms with van der Waals surface area (Å²) in [5.41, 5.74) is 2.28. The molecule has 1 aromatic heterocycles. The average molecular weight is 484 g/mol. The highest BCUT2D eigenvalue weighted by Crippen LogP contribution is 2.09. The molecule has 0 saturated heterocycles. The number of nitrogens with one attached hydrogen (secondary N) is 1. The largest absolute Gasteiger partial charge is 0.475 e. The average Bonchev–Trinajstić information content (AvgIpc) is 2.67. The van der Waals surface area contributed by atoms with Gasteiger partial charge in [0.2, 0.25) is 5.88 Å². The van der Waals surface area contributed by atoms with E-state index < -0.39 is 0 Å². The number of methoxy groups -OCH3 is 1. The summed E-state index contributed by atoms with van der Waals surface area (Å²) in [6.07, 6.45) is 1.80. The van der Waals surface area contributed by atoms with E-state index in [0.29, 0.717) is 25.6 Å². The second kappa shape index (κ2) is 13.3. The highest BCUT2D eigenvalue weighted by Gasteiger charge is 2.06. The lowest BCUT2D eigenvalue weighted by molar-refractivity contribution is 0.143. The first-order valence-electron chi connectivity index (χ1n) is 8.83. The van der Waals surface area contributed by atoms with Gasteiger partial charge in [0.05, 0.1) is 13.2 Å². The van der Waals surface area contributed by atoms with Crippen molar-refractivity contribution in [2.75, 3.05) is 33.9 Å². The van der Waals surface area contributed by atoms with Crippen molar-refractivity contribution in [3.63, 3.8) is 0 Å². The smallest absolute Gasteiger partial charge is 0.213 e. The van der Waals surface area contributed by atoms with Gasteiger partial charge in [0, 0.05) is 39.5 Å². The van der Waals surface area contributed by atoms with Crippen molar-refractivity contribution in [3.8, 4) is 5.88 Å². The molecule has 0 bridgehead atoms. The third kappa shape index (κ3) is 8.57. The molecule has 0 saturated carbocycles. The first kappa shape index (κ1) is 23.2. The number of pyridine rings is 1. The van der Waals surface area contributed by atoms with Crippen LogP contribution in [-0.4, -0.2) is 49.8 Å². The molecular weight excluding hydrogens is 455 g/mol. The molecule has 2 aromatic rings. The second-order valence-corrected chi connectivity index (χ2v) is 5.86. The second-order valence-electron chi connectivity index (χ2n) is 5.86. The quantitative estimate of drug-likeness (QED) is 0.256. The van der Waals surface area contributed by atoms with Crippen molar-refractivity contribution < 1.29 is 9.47 Å². The van der Waals surface area contributed by atoms with E-state index in [1.54, 1.807) is 13.3 Å². The van der Waals surface area contributed by atoms with E-state index in [-0.39, 0.29) is 24.0 Å². The molecule has 0 amide bonds. The van der Waals surface area contributed by atoms with Crippen molar-refractivity contribution >= 4 is 29.9 Å². The van der Waals surface area contributed by atoms with E-state index in [0.717, 1.165) is 24.6 Å². The first-order valence-corrected chi connectivity index (χ1v) is 8.83. The summed E-state index contributed by atoms with van der Waals surface area (Å²) < 4.78 is 10.4. The third-order valence-corrected chi connectivity index (χ3v) is 3.71. The van der Waals surface area contributed by atoms with E-state index in [9.17, 15) is 0 Å². The summed E-state index contributed by atoms with van der Waals surface area (Å²) in [7, 11) is 3.69. The van der Waals surface area contributed by atoms with Gasteiger partial charge in [0.15, 0.2) is 5.96 Å². The number of guanidine groups is 1. The van der Waals surface area contributed by atoms with Gasteiger partial charge in [0.1, 0.15) is 6.61 Å². The molecule has 6 nitrogen and oxygen atoms in total. The number of aromatic nitrogens is 1. The van der Waals surface area contributed by atoms with Gasteiger partial charge in [-0.1, -0.05) is 36.4 Å². The Morgan fingerprint density at radius 2 is 1.89 bits per heavy atom. The predicted octanol–water partition coefficient (Wildman–Crippen LogP) is 3.32. The summed E-state index contributed by atoms with van der Waals surface area (Å²) in [5, 5.41) is 3.34. The number of nitrogens with zero attached hydrogens (tertiary/aromatic N) is 3. The number of rotatable bonds is 9. The fourth-order valence-electron chi connectivity index (χ4n) is 2.39. The Kier molecular flexibility index (Phi) is 11.4. The molecule has 0 aliphatic heterocycles. The Balaban J connectivity index is 0.00000364. The minimum absolute atomic E-state index is 0. The number of hydrogen-bond acceptors (Lipinski definition) is 4. The molecule has 2 rings (SSSR count). The molecule has 0 radical (unpaired) electrons. The lowest BCUT2D eigenvalue weighted by Crippen LogP contribution is -2.38. The van der Waals surface area contributed by atoms with Crippen LogP contribution in [0.2, 0.25) is 0 Å². The highest BCUT2D eigenvalue weighted by molar-refractivity contribution is 14.0. The minimum Gasteiger partial charge on any atom is -0.475 e. The number of ether oxygens (including phenoxy) is 2. The zero-order chi connectivity index (χ0) is 18.6. The van der Waals surface area contributed by atoms with Gasteiger partial charge in [0.25, 0.3) is 0 Å². The molecule has 0 unspecified atom stereocenters. The Labute approximate surface area is 179 Å². The molecule has 7 heteroatoms. The zero-order valence-electron chi connectivity index (χ0n) is 16.2. The SMILES string of the molecule is CCNC(=NCc1ccc(OCCOC)nc1)N(C)Cc1ccccc1.I. The van der Waals surface area contributed by atoms with Gasteiger partial charge in [-0.25, -0.2) is 9.98 Å². The molecule has 0 fully saturated rings.